The molecule has 2 aliphatic rings. The van der Waals surface area contributed by atoms with E-state index in [0.717, 1.165) is 41.8 Å². The topological polar surface area (TPSA) is 69.3 Å². The molecule has 2 aromatic carbocycles. The van der Waals surface area contributed by atoms with Crippen LogP contribution in [0.2, 0.25) is 0 Å². The van der Waals surface area contributed by atoms with Gasteiger partial charge < -0.3 is 14.8 Å². The van der Waals surface area contributed by atoms with Crippen molar-refractivity contribution in [2.24, 2.45) is 5.92 Å². The van der Waals surface area contributed by atoms with E-state index in [9.17, 15) is 9.59 Å². The van der Waals surface area contributed by atoms with Gasteiger partial charge >= 0.3 is 0 Å². The van der Waals surface area contributed by atoms with Crippen LogP contribution in [0.15, 0.2) is 60.7 Å². The maximum Gasteiger partial charge on any atom is 0.246 e. The van der Waals surface area contributed by atoms with Gasteiger partial charge in [0.2, 0.25) is 11.8 Å². The van der Waals surface area contributed by atoms with Gasteiger partial charge in [0.05, 0.1) is 17.1 Å². The molecule has 3 aromatic rings. The average Bonchev–Trinajstić information content (AvgIpc) is 3.50. The molecule has 0 spiro atoms. The molecular formula is C26H28N4O2. The van der Waals surface area contributed by atoms with Crippen LogP contribution in [0.3, 0.4) is 0 Å². The first kappa shape index (κ1) is 20.5. The van der Waals surface area contributed by atoms with Crippen LogP contribution in [-0.2, 0) is 9.59 Å². The maximum absolute atomic E-state index is 13.4. The lowest BCUT2D eigenvalue weighted by Crippen LogP contribution is -2.44. The van der Waals surface area contributed by atoms with Crippen LogP contribution in [0.1, 0.15) is 43.1 Å². The van der Waals surface area contributed by atoms with Gasteiger partial charge in [-0.05, 0) is 49.5 Å². The average molecular weight is 429 g/mol. The lowest BCUT2D eigenvalue weighted by Gasteiger charge is -2.34. The molecule has 1 atom stereocenters. The molecule has 2 amide bonds. The molecule has 0 aliphatic carbocycles. The summed E-state index contributed by atoms with van der Waals surface area (Å²) in [4.78, 5) is 37.9. The van der Waals surface area contributed by atoms with E-state index < -0.39 is 0 Å². The largest absolute Gasteiger partial charge is 0.340 e. The van der Waals surface area contributed by atoms with E-state index in [1.807, 2.05) is 70.5 Å². The summed E-state index contributed by atoms with van der Waals surface area (Å²) in [5.41, 5.74) is 2.96. The smallest absolute Gasteiger partial charge is 0.246 e. The highest BCUT2D eigenvalue weighted by molar-refractivity contribution is 5.92. The van der Waals surface area contributed by atoms with Gasteiger partial charge in [-0.1, -0.05) is 42.5 Å². The normalized spacial score (nSPS) is 19.8. The Morgan fingerprint density at radius 1 is 0.938 bits per heavy atom. The van der Waals surface area contributed by atoms with Gasteiger partial charge in [-0.2, -0.15) is 0 Å². The van der Waals surface area contributed by atoms with Crippen molar-refractivity contribution in [3.8, 4) is 0 Å². The van der Waals surface area contributed by atoms with Crippen LogP contribution in [0, 0.1) is 5.92 Å². The molecule has 2 aliphatic heterocycles. The van der Waals surface area contributed by atoms with E-state index in [1.165, 1.54) is 0 Å². The van der Waals surface area contributed by atoms with E-state index >= 15 is 0 Å². The van der Waals surface area contributed by atoms with Crippen LogP contribution in [0.4, 0.5) is 0 Å². The molecule has 164 valence electrons. The molecule has 1 N–H and O–H groups in total. The number of carbonyl (C=O) groups excluding carboxylic acids is 2. The summed E-state index contributed by atoms with van der Waals surface area (Å²) in [6.07, 6.45) is 6.85. The van der Waals surface area contributed by atoms with Crippen molar-refractivity contribution in [1.82, 2.24) is 19.8 Å². The number of H-pyrrole nitrogens is 1. The fourth-order valence-electron chi connectivity index (χ4n) is 4.86. The number of nitrogens with zero attached hydrogens (tertiary/aromatic N) is 3. The lowest BCUT2D eigenvalue weighted by molar-refractivity contribution is -0.140. The zero-order valence-electron chi connectivity index (χ0n) is 18.1. The third-order valence-electron chi connectivity index (χ3n) is 6.63. The minimum atomic E-state index is -0.0258. The molecule has 2 fully saturated rings. The Morgan fingerprint density at radius 2 is 1.69 bits per heavy atom. The SMILES string of the molecule is O=C(/C=C/c1ccccc1)N1CCC(C(=O)N2CCCC2c2nc3ccccc3[nH]2)CC1. The van der Waals surface area contributed by atoms with Gasteiger partial charge in [-0.3, -0.25) is 9.59 Å². The van der Waals surface area contributed by atoms with Crippen molar-refractivity contribution < 1.29 is 9.59 Å². The zero-order valence-corrected chi connectivity index (χ0v) is 18.1. The number of piperidine rings is 1. The number of benzene rings is 2. The van der Waals surface area contributed by atoms with E-state index in [2.05, 4.69) is 4.98 Å². The van der Waals surface area contributed by atoms with Gasteiger partial charge in [0, 0.05) is 31.6 Å². The van der Waals surface area contributed by atoms with Crippen molar-refractivity contribution in [2.75, 3.05) is 19.6 Å². The van der Waals surface area contributed by atoms with Crippen molar-refractivity contribution in [3.63, 3.8) is 0 Å². The minimum Gasteiger partial charge on any atom is -0.340 e. The summed E-state index contributed by atoms with van der Waals surface area (Å²) in [6, 6.07) is 17.8. The first-order chi connectivity index (χ1) is 15.7. The van der Waals surface area contributed by atoms with Crippen LogP contribution >= 0.6 is 0 Å². The summed E-state index contributed by atoms with van der Waals surface area (Å²) in [5.74, 6) is 1.08. The highest BCUT2D eigenvalue weighted by atomic mass is 16.2. The highest BCUT2D eigenvalue weighted by Crippen LogP contribution is 2.34. The summed E-state index contributed by atoms with van der Waals surface area (Å²) in [5, 5.41) is 0. The van der Waals surface area contributed by atoms with Crippen LogP contribution < -0.4 is 0 Å². The summed E-state index contributed by atoms with van der Waals surface area (Å²) < 4.78 is 0. The summed E-state index contributed by atoms with van der Waals surface area (Å²) in [7, 11) is 0. The molecule has 6 heteroatoms. The molecule has 0 radical (unpaired) electrons. The van der Waals surface area contributed by atoms with Crippen LogP contribution in [0.25, 0.3) is 17.1 Å². The number of imidazole rings is 1. The fraction of sp³-hybridized carbons (Fsp3) is 0.346. The van der Waals surface area contributed by atoms with Crippen molar-refractivity contribution >= 4 is 28.9 Å². The van der Waals surface area contributed by atoms with Gasteiger partial charge in [-0.25, -0.2) is 4.98 Å². The van der Waals surface area contributed by atoms with Gasteiger partial charge in [-0.15, -0.1) is 0 Å². The predicted molar refractivity (Wildman–Crippen MR) is 125 cm³/mol. The number of likely N-dealkylation sites (tertiary alicyclic amines) is 2. The minimum absolute atomic E-state index is 0.0149. The summed E-state index contributed by atoms with van der Waals surface area (Å²) >= 11 is 0. The maximum atomic E-state index is 13.4. The van der Waals surface area contributed by atoms with E-state index in [4.69, 9.17) is 4.98 Å². The Kier molecular flexibility index (Phi) is 5.75. The number of fused-ring (bicyclic) bond motifs is 1. The number of aromatic amines is 1. The van der Waals surface area contributed by atoms with Crippen molar-refractivity contribution in [2.45, 2.75) is 31.7 Å². The number of amides is 2. The second-order valence-electron chi connectivity index (χ2n) is 8.67. The van der Waals surface area contributed by atoms with Crippen molar-refractivity contribution in [3.05, 3.63) is 72.1 Å². The number of nitrogens with one attached hydrogen (secondary N) is 1. The first-order valence-corrected chi connectivity index (χ1v) is 11.5. The number of para-hydroxylation sites is 2. The molecule has 3 heterocycles. The quantitative estimate of drug-likeness (QED) is 0.634. The molecule has 6 nitrogen and oxygen atoms in total. The fourth-order valence-corrected chi connectivity index (χ4v) is 4.86. The number of hydrogen-bond donors (Lipinski definition) is 1. The predicted octanol–water partition coefficient (Wildman–Crippen LogP) is 4.18. The Hall–Kier alpha value is -3.41. The van der Waals surface area contributed by atoms with Crippen molar-refractivity contribution in [1.29, 1.82) is 0 Å². The van der Waals surface area contributed by atoms with E-state index in [-0.39, 0.29) is 23.8 Å². The number of rotatable bonds is 4. The Balaban J connectivity index is 1.20. The molecule has 1 aromatic heterocycles. The van der Waals surface area contributed by atoms with Gasteiger partial charge in [0.15, 0.2) is 0 Å². The Labute approximate surface area is 187 Å². The highest BCUT2D eigenvalue weighted by Gasteiger charge is 2.37. The summed E-state index contributed by atoms with van der Waals surface area (Å²) in [6.45, 7) is 2.02. The van der Waals surface area contributed by atoms with E-state index in [1.54, 1.807) is 6.08 Å². The van der Waals surface area contributed by atoms with Crippen LogP contribution in [-0.4, -0.2) is 51.2 Å². The van der Waals surface area contributed by atoms with Gasteiger partial charge in [0.25, 0.3) is 0 Å². The molecule has 1 unspecified atom stereocenters. The third kappa shape index (κ3) is 4.17. The number of hydrogen-bond acceptors (Lipinski definition) is 3. The Morgan fingerprint density at radius 3 is 2.47 bits per heavy atom. The second-order valence-corrected chi connectivity index (χ2v) is 8.67. The first-order valence-electron chi connectivity index (χ1n) is 11.5. The number of aromatic nitrogens is 2. The standard InChI is InChI=1S/C26H28N4O2/c31-24(13-12-19-7-2-1-3-8-19)29-17-14-20(15-18-29)26(32)30-16-6-11-23(30)25-27-21-9-4-5-10-22(21)28-25/h1-5,7-10,12-13,20,23H,6,11,14-18H2,(H,27,28)/b13-12+. The number of carbonyl (C=O) groups is 2. The molecule has 32 heavy (non-hydrogen) atoms. The van der Waals surface area contributed by atoms with E-state index in [0.29, 0.717) is 25.9 Å². The second kappa shape index (κ2) is 8.99. The molecule has 2 saturated heterocycles. The lowest BCUT2D eigenvalue weighted by atomic mass is 9.94. The molecule has 5 rings (SSSR count). The molecule has 0 bridgehead atoms. The van der Waals surface area contributed by atoms with Gasteiger partial charge in [0.1, 0.15) is 5.82 Å². The molecule has 0 saturated carbocycles. The third-order valence-corrected chi connectivity index (χ3v) is 6.63. The monoisotopic (exact) mass is 428 g/mol. The Bertz CT molecular complexity index is 1100. The van der Waals surface area contributed by atoms with Crippen LogP contribution in [0.5, 0.6) is 0 Å². The zero-order chi connectivity index (χ0) is 21.9. The molecular weight excluding hydrogens is 400 g/mol.